The fourth-order valence-electron chi connectivity index (χ4n) is 2.51. The van der Waals surface area contributed by atoms with Gasteiger partial charge in [-0.25, -0.2) is 0 Å². The van der Waals surface area contributed by atoms with Crippen LogP contribution in [0.5, 0.6) is 0 Å². The molecule has 1 aliphatic rings. The van der Waals surface area contributed by atoms with Crippen molar-refractivity contribution < 1.29 is 4.74 Å². The fourth-order valence-corrected chi connectivity index (χ4v) is 2.51. The van der Waals surface area contributed by atoms with Crippen molar-refractivity contribution in [2.24, 2.45) is 11.8 Å². The molecule has 0 bridgehead atoms. The minimum atomic E-state index is 0.602. The zero-order valence-corrected chi connectivity index (χ0v) is 12.0. The molecule has 1 rings (SSSR count). The van der Waals surface area contributed by atoms with Crippen molar-refractivity contribution in [3.8, 4) is 0 Å². The summed E-state index contributed by atoms with van der Waals surface area (Å²) in [6, 6.07) is 0.602. The molecule has 0 aliphatic carbocycles. The predicted molar refractivity (Wildman–Crippen MR) is 73.3 cm³/mol. The van der Waals surface area contributed by atoms with E-state index in [0.717, 1.165) is 25.0 Å². The molecule has 0 amide bonds. The van der Waals surface area contributed by atoms with E-state index in [1.807, 2.05) is 7.11 Å². The van der Waals surface area contributed by atoms with Crippen LogP contribution in [0.3, 0.4) is 0 Å². The molecular formula is C14H30N2O. The summed E-state index contributed by atoms with van der Waals surface area (Å²) >= 11 is 0. The van der Waals surface area contributed by atoms with Gasteiger partial charge in [-0.3, -0.25) is 0 Å². The summed E-state index contributed by atoms with van der Waals surface area (Å²) in [5.41, 5.74) is 0. The molecule has 3 nitrogen and oxygen atoms in total. The predicted octanol–water partition coefficient (Wildman–Crippen LogP) is 1.98. The van der Waals surface area contributed by atoms with Crippen LogP contribution in [0, 0.1) is 11.8 Å². The van der Waals surface area contributed by atoms with Crippen LogP contribution >= 0.6 is 0 Å². The quantitative estimate of drug-likeness (QED) is 0.739. The monoisotopic (exact) mass is 242 g/mol. The smallest absolute Gasteiger partial charge is 0.0491 e. The molecule has 0 aromatic carbocycles. The SMILES string of the molecule is COCC1CCN(CC(C)CNC(C)C)CC1. The van der Waals surface area contributed by atoms with Crippen molar-refractivity contribution in [3.63, 3.8) is 0 Å². The molecule has 0 aromatic heterocycles. The van der Waals surface area contributed by atoms with Crippen molar-refractivity contribution in [2.75, 3.05) is 39.9 Å². The standard InChI is InChI=1S/C14H30N2O/c1-12(2)15-9-13(3)10-16-7-5-14(6-8-16)11-17-4/h12-15H,5-11H2,1-4H3. The number of methoxy groups -OCH3 is 1. The second-order valence-corrected chi connectivity index (χ2v) is 5.87. The normalized spacial score (nSPS) is 21.0. The summed E-state index contributed by atoms with van der Waals surface area (Å²) in [5.74, 6) is 1.54. The highest BCUT2D eigenvalue weighted by atomic mass is 16.5. The number of nitrogens with zero attached hydrogens (tertiary/aromatic N) is 1. The molecular weight excluding hydrogens is 212 g/mol. The highest BCUT2D eigenvalue weighted by molar-refractivity contribution is 4.74. The topological polar surface area (TPSA) is 24.5 Å². The van der Waals surface area contributed by atoms with E-state index in [2.05, 4.69) is 31.0 Å². The van der Waals surface area contributed by atoms with Crippen molar-refractivity contribution in [1.82, 2.24) is 10.2 Å². The van der Waals surface area contributed by atoms with E-state index < -0.39 is 0 Å². The van der Waals surface area contributed by atoms with Crippen molar-refractivity contribution in [2.45, 2.75) is 39.7 Å². The molecule has 0 radical (unpaired) electrons. The largest absolute Gasteiger partial charge is 0.384 e. The molecule has 1 saturated heterocycles. The van der Waals surface area contributed by atoms with E-state index in [-0.39, 0.29) is 0 Å². The molecule has 1 fully saturated rings. The molecule has 1 aliphatic heterocycles. The Labute approximate surface area is 107 Å². The summed E-state index contributed by atoms with van der Waals surface area (Å²) in [5, 5.41) is 3.52. The zero-order valence-electron chi connectivity index (χ0n) is 12.0. The first-order valence-corrected chi connectivity index (χ1v) is 7.06. The summed E-state index contributed by atoms with van der Waals surface area (Å²) < 4.78 is 5.23. The summed E-state index contributed by atoms with van der Waals surface area (Å²) in [4.78, 5) is 2.61. The molecule has 102 valence electrons. The Hall–Kier alpha value is -0.120. The summed E-state index contributed by atoms with van der Waals surface area (Å²) in [6.07, 6.45) is 2.61. The molecule has 0 aromatic rings. The molecule has 0 saturated carbocycles. The van der Waals surface area contributed by atoms with E-state index in [0.29, 0.717) is 6.04 Å². The van der Waals surface area contributed by atoms with Crippen LogP contribution in [-0.4, -0.2) is 50.8 Å². The van der Waals surface area contributed by atoms with E-state index >= 15 is 0 Å². The lowest BCUT2D eigenvalue weighted by atomic mass is 9.97. The van der Waals surface area contributed by atoms with Crippen LogP contribution in [0.4, 0.5) is 0 Å². The Morgan fingerprint density at radius 3 is 2.41 bits per heavy atom. The first-order valence-electron chi connectivity index (χ1n) is 7.06. The van der Waals surface area contributed by atoms with Gasteiger partial charge in [0.05, 0.1) is 0 Å². The van der Waals surface area contributed by atoms with Gasteiger partial charge >= 0.3 is 0 Å². The number of hydrogen-bond donors (Lipinski definition) is 1. The van der Waals surface area contributed by atoms with E-state index in [9.17, 15) is 0 Å². The molecule has 1 unspecified atom stereocenters. The second kappa shape index (κ2) is 8.06. The van der Waals surface area contributed by atoms with Gasteiger partial charge in [0, 0.05) is 26.3 Å². The van der Waals surface area contributed by atoms with E-state index in [4.69, 9.17) is 4.74 Å². The lowest BCUT2D eigenvalue weighted by molar-refractivity contribution is 0.0935. The van der Waals surface area contributed by atoms with Crippen molar-refractivity contribution >= 4 is 0 Å². The lowest BCUT2D eigenvalue weighted by Crippen LogP contribution is -2.40. The molecule has 1 N–H and O–H groups in total. The lowest BCUT2D eigenvalue weighted by Gasteiger charge is -2.33. The van der Waals surface area contributed by atoms with Gasteiger partial charge in [0.1, 0.15) is 0 Å². The summed E-state index contributed by atoms with van der Waals surface area (Å²) in [6.45, 7) is 12.6. The average Bonchev–Trinajstić information content (AvgIpc) is 2.29. The Morgan fingerprint density at radius 2 is 1.88 bits per heavy atom. The first kappa shape index (κ1) is 14.9. The third kappa shape index (κ3) is 6.39. The van der Waals surface area contributed by atoms with E-state index in [1.165, 1.54) is 32.5 Å². The minimum absolute atomic E-state index is 0.602. The van der Waals surface area contributed by atoms with Crippen LogP contribution in [0.25, 0.3) is 0 Å². The maximum atomic E-state index is 5.23. The summed E-state index contributed by atoms with van der Waals surface area (Å²) in [7, 11) is 1.81. The van der Waals surface area contributed by atoms with Crippen molar-refractivity contribution in [1.29, 1.82) is 0 Å². The number of hydrogen-bond acceptors (Lipinski definition) is 3. The molecule has 3 heteroatoms. The number of piperidine rings is 1. The zero-order chi connectivity index (χ0) is 12.7. The van der Waals surface area contributed by atoms with Gasteiger partial charge in [-0.2, -0.15) is 0 Å². The van der Waals surface area contributed by atoms with Gasteiger partial charge in [0.2, 0.25) is 0 Å². The van der Waals surface area contributed by atoms with Crippen LogP contribution in [-0.2, 0) is 4.74 Å². The molecule has 0 spiro atoms. The third-order valence-electron chi connectivity index (χ3n) is 3.55. The van der Waals surface area contributed by atoms with Crippen LogP contribution in [0.2, 0.25) is 0 Å². The Bertz CT molecular complexity index is 189. The molecule has 17 heavy (non-hydrogen) atoms. The Kier molecular flexibility index (Phi) is 7.09. The van der Waals surface area contributed by atoms with Crippen LogP contribution in [0.1, 0.15) is 33.6 Å². The maximum Gasteiger partial charge on any atom is 0.0491 e. The minimum Gasteiger partial charge on any atom is -0.384 e. The highest BCUT2D eigenvalue weighted by Crippen LogP contribution is 2.18. The number of rotatable bonds is 7. The Balaban J connectivity index is 2.12. The first-order chi connectivity index (χ1) is 8.11. The van der Waals surface area contributed by atoms with Gasteiger partial charge < -0.3 is 15.0 Å². The second-order valence-electron chi connectivity index (χ2n) is 5.87. The third-order valence-corrected chi connectivity index (χ3v) is 3.55. The highest BCUT2D eigenvalue weighted by Gasteiger charge is 2.20. The van der Waals surface area contributed by atoms with Crippen LogP contribution < -0.4 is 5.32 Å². The van der Waals surface area contributed by atoms with Gasteiger partial charge in [-0.1, -0.05) is 20.8 Å². The van der Waals surface area contributed by atoms with Crippen LogP contribution in [0.15, 0.2) is 0 Å². The average molecular weight is 242 g/mol. The van der Waals surface area contributed by atoms with Gasteiger partial charge in [0.15, 0.2) is 0 Å². The Morgan fingerprint density at radius 1 is 1.24 bits per heavy atom. The van der Waals surface area contributed by atoms with Gasteiger partial charge in [0.25, 0.3) is 0 Å². The number of nitrogens with one attached hydrogen (secondary N) is 1. The van der Waals surface area contributed by atoms with E-state index in [1.54, 1.807) is 0 Å². The fraction of sp³-hybridized carbons (Fsp3) is 1.00. The maximum absolute atomic E-state index is 5.23. The van der Waals surface area contributed by atoms with Crippen molar-refractivity contribution in [3.05, 3.63) is 0 Å². The molecule has 1 heterocycles. The number of ether oxygens (including phenoxy) is 1. The molecule has 1 atom stereocenters. The van der Waals surface area contributed by atoms with Gasteiger partial charge in [-0.15, -0.1) is 0 Å². The number of likely N-dealkylation sites (tertiary alicyclic amines) is 1. The van der Waals surface area contributed by atoms with Gasteiger partial charge in [-0.05, 0) is 44.3 Å².